The summed E-state index contributed by atoms with van der Waals surface area (Å²) in [7, 11) is -3.37. The van der Waals surface area contributed by atoms with Crippen molar-refractivity contribution in [2.45, 2.75) is 17.6 Å². The monoisotopic (exact) mass is 279 g/mol. The van der Waals surface area contributed by atoms with Gasteiger partial charge >= 0.3 is 0 Å². The second-order valence-electron chi connectivity index (χ2n) is 4.39. The summed E-state index contributed by atoms with van der Waals surface area (Å²) in [6.07, 6.45) is 0.793. The highest BCUT2D eigenvalue weighted by Gasteiger charge is 2.31. The molecule has 0 atom stereocenters. The van der Waals surface area contributed by atoms with Gasteiger partial charge in [-0.1, -0.05) is 23.8 Å². The summed E-state index contributed by atoms with van der Waals surface area (Å²) < 4.78 is 26.9. The molecule has 1 aromatic carbocycles. The highest BCUT2D eigenvalue weighted by Crippen LogP contribution is 2.34. The summed E-state index contributed by atoms with van der Waals surface area (Å²) in [5, 5.41) is 1.79. The zero-order valence-electron chi connectivity index (χ0n) is 9.96. The highest BCUT2D eigenvalue weighted by molar-refractivity contribution is 7.94. The molecule has 0 unspecified atom stereocenters. The second kappa shape index (κ2) is 4.10. The van der Waals surface area contributed by atoms with E-state index < -0.39 is 10.0 Å². The van der Waals surface area contributed by atoms with Gasteiger partial charge in [0.05, 0.1) is 5.69 Å². The summed E-state index contributed by atoms with van der Waals surface area (Å²) >= 11 is 1.26. The molecule has 0 saturated heterocycles. The molecule has 3 rings (SSSR count). The van der Waals surface area contributed by atoms with Crippen LogP contribution in [0.5, 0.6) is 0 Å². The van der Waals surface area contributed by atoms with Crippen molar-refractivity contribution in [2.75, 3.05) is 10.8 Å². The molecule has 1 aromatic heterocycles. The molecule has 0 bridgehead atoms. The number of sulfonamides is 1. The lowest BCUT2D eigenvalue weighted by Crippen LogP contribution is -2.28. The van der Waals surface area contributed by atoms with Crippen molar-refractivity contribution in [3.63, 3.8) is 0 Å². The van der Waals surface area contributed by atoms with E-state index in [1.807, 2.05) is 19.1 Å². The lowest BCUT2D eigenvalue weighted by atomic mass is 10.1. The Morgan fingerprint density at radius 3 is 2.83 bits per heavy atom. The van der Waals surface area contributed by atoms with E-state index in [4.69, 9.17) is 0 Å². The van der Waals surface area contributed by atoms with Crippen LogP contribution in [0, 0.1) is 6.92 Å². The minimum Gasteiger partial charge on any atom is -0.265 e. The molecule has 3 nitrogen and oxygen atoms in total. The van der Waals surface area contributed by atoms with Gasteiger partial charge in [0.2, 0.25) is 0 Å². The number of nitrogens with zero attached hydrogens (tertiary/aromatic N) is 1. The Balaban J connectivity index is 2.08. The number of anilines is 1. The van der Waals surface area contributed by atoms with Crippen LogP contribution in [0.3, 0.4) is 0 Å². The Bertz CT molecular complexity index is 675. The Morgan fingerprint density at radius 1 is 1.28 bits per heavy atom. The van der Waals surface area contributed by atoms with Crippen LogP contribution >= 0.6 is 11.3 Å². The van der Waals surface area contributed by atoms with Crippen LogP contribution in [0.1, 0.15) is 11.1 Å². The Morgan fingerprint density at radius 2 is 2.11 bits per heavy atom. The maximum atomic E-state index is 12.5. The second-order valence-corrected chi connectivity index (χ2v) is 7.43. The van der Waals surface area contributed by atoms with E-state index in [2.05, 4.69) is 6.07 Å². The van der Waals surface area contributed by atoms with Crippen LogP contribution in [0.2, 0.25) is 0 Å². The van der Waals surface area contributed by atoms with E-state index >= 15 is 0 Å². The normalized spacial score (nSPS) is 14.8. The molecule has 0 amide bonds. The number of aryl methyl sites for hydroxylation is 1. The van der Waals surface area contributed by atoms with Gasteiger partial charge in [0.15, 0.2) is 0 Å². The van der Waals surface area contributed by atoms with Crippen LogP contribution in [0.4, 0.5) is 5.69 Å². The molecule has 0 spiro atoms. The number of benzene rings is 1. The molecule has 0 aliphatic carbocycles. The molecular formula is C13H13NO2S2. The molecule has 2 aromatic rings. The number of rotatable bonds is 2. The smallest absolute Gasteiger partial charge is 0.265 e. The minimum absolute atomic E-state index is 0.413. The summed E-state index contributed by atoms with van der Waals surface area (Å²) in [5.74, 6) is 0. The molecule has 0 N–H and O–H groups in total. The van der Waals surface area contributed by atoms with E-state index in [9.17, 15) is 8.42 Å². The minimum atomic E-state index is -3.37. The van der Waals surface area contributed by atoms with Crippen molar-refractivity contribution >= 4 is 27.0 Å². The lowest BCUT2D eigenvalue weighted by Gasteiger charge is -2.18. The SMILES string of the molecule is Cc1ccc2c(c1)CCN2S(=O)(=O)c1cccs1. The fourth-order valence-corrected chi connectivity index (χ4v) is 4.88. The van der Waals surface area contributed by atoms with Crippen LogP contribution in [0.15, 0.2) is 39.9 Å². The Labute approximate surface area is 111 Å². The van der Waals surface area contributed by atoms with E-state index in [0.29, 0.717) is 10.8 Å². The maximum absolute atomic E-state index is 12.5. The van der Waals surface area contributed by atoms with Gasteiger partial charge in [-0.15, -0.1) is 11.3 Å². The molecule has 94 valence electrons. The first kappa shape index (κ1) is 11.7. The molecule has 2 heterocycles. The van der Waals surface area contributed by atoms with E-state index in [-0.39, 0.29) is 0 Å². The standard InChI is InChI=1S/C13H13NO2S2/c1-10-4-5-12-11(9-10)6-7-14(12)18(15,16)13-3-2-8-17-13/h2-5,8-9H,6-7H2,1H3. The summed E-state index contributed by atoms with van der Waals surface area (Å²) in [4.78, 5) is 0. The topological polar surface area (TPSA) is 37.4 Å². The van der Waals surface area contributed by atoms with Gasteiger partial charge in [-0.2, -0.15) is 0 Å². The Kier molecular flexibility index (Phi) is 2.68. The van der Waals surface area contributed by atoms with Crippen molar-refractivity contribution in [3.8, 4) is 0 Å². The largest absolute Gasteiger partial charge is 0.273 e. The third kappa shape index (κ3) is 1.74. The average Bonchev–Trinajstić information content (AvgIpc) is 2.97. The van der Waals surface area contributed by atoms with Crippen molar-refractivity contribution < 1.29 is 8.42 Å². The van der Waals surface area contributed by atoms with Gasteiger partial charge in [-0.05, 0) is 36.4 Å². The third-order valence-corrected chi connectivity index (χ3v) is 6.31. The van der Waals surface area contributed by atoms with Gasteiger partial charge < -0.3 is 0 Å². The van der Waals surface area contributed by atoms with Crippen LogP contribution in [-0.4, -0.2) is 15.0 Å². The summed E-state index contributed by atoms with van der Waals surface area (Å²) in [5.41, 5.74) is 3.12. The van der Waals surface area contributed by atoms with Crippen LogP contribution in [-0.2, 0) is 16.4 Å². The van der Waals surface area contributed by atoms with Gasteiger partial charge in [-0.3, -0.25) is 4.31 Å². The van der Waals surface area contributed by atoms with Crippen LogP contribution in [0.25, 0.3) is 0 Å². The van der Waals surface area contributed by atoms with E-state index in [1.54, 1.807) is 17.5 Å². The first-order chi connectivity index (χ1) is 8.59. The van der Waals surface area contributed by atoms with Crippen molar-refractivity contribution in [3.05, 3.63) is 46.8 Å². The quantitative estimate of drug-likeness (QED) is 0.847. The fraction of sp³-hybridized carbons (Fsp3) is 0.231. The lowest BCUT2D eigenvalue weighted by molar-refractivity contribution is 0.594. The van der Waals surface area contributed by atoms with Gasteiger partial charge in [0.25, 0.3) is 10.0 Å². The van der Waals surface area contributed by atoms with Crippen molar-refractivity contribution in [1.82, 2.24) is 0 Å². The summed E-state index contributed by atoms with van der Waals surface area (Å²) in [6.45, 7) is 2.57. The number of hydrogen-bond donors (Lipinski definition) is 0. The molecule has 5 heteroatoms. The molecule has 1 aliphatic heterocycles. The molecule has 0 saturated carbocycles. The van der Waals surface area contributed by atoms with Gasteiger partial charge in [0.1, 0.15) is 4.21 Å². The van der Waals surface area contributed by atoms with Crippen LogP contribution < -0.4 is 4.31 Å². The predicted octanol–water partition coefficient (Wildman–Crippen LogP) is 2.81. The first-order valence-corrected chi connectivity index (χ1v) is 8.07. The van der Waals surface area contributed by atoms with Gasteiger partial charge in [0, 0.05) is 6.54 Å². The summed E-state index contributed by atoms with van der Waals surface area (Å²) in [6, 6.07) is 9.36. The molecule has 18 heavy (non-hydrogen) atoms. The third-order valence-electron chi connectivity index (χ3n) is 3.13. The predicted molar refractivity (Wildman–Crippen MR) is 73.7 cm³/mol. The molecule has 0 fully saturated rings. The number of thiophene rings is 1. The fourth-order valence-electron chi connectivity index (χ4n) is 2.27. The molecule has 1 aliphatic rings. The van der Waals surface area contributed by atoms with Gasteiger partial charge in [-0.25, -0.2) is 8.42 Å². The van der Waals surface area contributed by atoms with E-state index in [1.165, 1.54) is 21.2 Å². The Hall–Kier alpha value is -1.33. The van der Waals surface area contributed by atoms with Crippen molar-refractivity contribution in [2.24, 2.45) is 0 Å². The average molecular weight is 279 g/mol. The molecular weight excluding hydrogens is 266 g/mol. The van der Waals surface area contributed by atoms with E-state index in [0.717, 1.165) is 17.7 Å². The zero-order chi connectivity index (χ0) is 12.8. The number of fused-ring (bicyclic) bond motifs is 1. The zero-order valence-corrected chi connectivity index (χ0v) is 11.6. The maximum Gasteiger partial charge on any atom is 0.273 e. The highest BCUT2D eigenvalue weighted by atomic mass is 32.2. The number of hydrogen-bond acceptors (Lipinski definition) is 3. The van der Waals surface area contributed by atoms with Crippen molar-refractivity contribution in [1.29, 1.82) is 0 Å². The molecule has 0 radical (unpaired) electrons. The first-order valence-electron chi connectivity index (χ1n) is 5.75.